The van der Waals surface area contributed by atoms with Gasteiger partial charge in [0.25, 0.3) is 0 Å². The van der Waals surface area contributed by atoms with Crippen molar-refractivity contribution in [1.29, 1.82) is 0 Å². The maximum absolute atomic E-state index is 6.29. The highest BCUT2D eigenvalue weighted by Crippen LogP contribution is 2.43. The van der Waals surface area contributed by atoms with Gasteiger partial charge in [-0.2, -0.15) is 0 Å². The Bertz CT molecular complexity index is 3220. The maximum Gasteiger partial charge on any atom is 0.227 e. The number of oxazole rings is 1. The molecule has 0 saturated heterocycles. The number of rotatable bonds is 5. The van der Waals surface area contributed by atoms with Crippen LogP contribution in [0.4, 0.5) is 0 Å². The molecular weight excluding hydrogens is 681 g/mol. The van der Waals surface area contributed by atoms with Gasteiger partial charge in [0.2, 0.25) is 5.89 Å². The van der Waals surface area contributed by atoms with E-state index in [-0.39, 0.29) is 0 Å². The quantitative estimate of drug-likeness (QED) is 0.178. The highest BCUT2D eigenvalue weighted by Gasteiger charge is 2.21. The van der Waals surface area contributed by atoms with Crippen molar-refractivity contribution in [3.05, 3.63) is 170 Å². The summed E-state index contributed by atoms with van der Waals surface area (Å²) in [7, 11) is 0. The minimum Gasteiger partial charge on any atom is -0.436 e. The van der Waals surface area contributed by atoms with E-state index in [0.29, 0.717) is 23.4 Å². The van der Waals surface area contributed by atoms with E-state index in [4.69, 9.17) is 24.4 Å². The lowest BCUT2D eigenvalue weighted by Gasteiger charge is -2.15. The molecule has 11 aromatic rings. The van der Waals surface area contributed by atoms with Crippen LogP contribution in [0.2, 0.25) is 0 Å². The van der Waals surface area contributed by atoms with Gasteiger partial charge in [0.15, 0.2) is 23.1 Å². The fourth-order valence-corrected chi connectivity index (χ4v) is 8.77. The fraction of sp³-hybridized carbons (Fsp3) is 0. The van der Waals surface area contributed by atoms with Crippen molar-refractivity contribution < 1.29 is 4.42 Å². The minimum absolute atomic E-state index is 0.621. The summed E-state index contributed by atoms with van der Waals surface area (Å²) in [5.41, 5.74) is 7.60. The first kappa shape index (κ1) is 30.6. The average Bonchev–Trinajstić information content (AvgIpc) is 3.83. The Morgan fingerprint density at radius 3 is 1.91 bits per heavy atom. The number of fused-ring (bicyclic) bond motifs is 6. The SMILES string of the molecule is c1ccc(-c2nc3cc4sc5c(-c6nc(-c7ccc8ccccc8c7)nc(-c7ccc8ccccc8c7-c7ccccc7)n6)cccc5c4cc3o2)cc1. The summed E-state index contributed by atoms with van der Waals surface area (Å²) in [6.07, 6.45) is 0. The summed E-state index contributed by atoms with van der Waals surface area (Å²) in [4.78, 5) is 20.7. The topological polar surface area (TPSA) is 64.7 Å². The Morgan fingerprint density at radius 2 is 1.07 bits per heavy atom. The van der Waals surface area contributed by atoms with Crippen LogP contribution in [0.15, 0.2) is 174 Å². The minimum atomic E-state index is 0.621. The third-order valence-electron chi connectivity index (χ3n) is 10.1. The number of hydrogen-bond acceptors (Lipinski definition) is 6. The zero-order valence-corrected chi connectivity index (χ0v) is 29.6. The van der Waals surface area contributed by atoms with E-state index in [1.807, 2.05) is 36.4 Å². The lowest BCUT2D eigenvalue weighted by Crippen LogP contribution is -2.01. The predicted octanol–water partition coefficient (Wildman–Crippen LogP) is 13.0. The zero-order valence-electron chi connectivity index (χ0n) is 28.8. The standard InChI is InChI=1S/C48H28N4OS/c1-3-14-31(15-4-1)43-35-19-10-9-13-30(35)24-25-37(43)46-50-45(34-23-22-29-12-7-8-18-33(29)26-34)51-47(52-46)38-21-11-20-36-39-27-41-40(28-42(39)54-44(36)38)49-48(53-41)32-16-5-2-6-17-32/h1-28H. The highest BCUT2D eigenvalue weighted by molar-refractivity contribution is 7.26. The Kier molecular flexibility index (Phi) is 6.97. The molecule has 252 valence electrons. The van der Waals surface area contributed by atoms with Gasteiger partial charge in [0.1, 0.15) is 5.52 Å². The number of thiophene rings is 1. The van der Waals surface area contributed by atoms with Crippen molar-refractivity contribution in [1.82, 2.24) is 19.9 Å². The molecule has 3 aromatic heterocycles. The number of hydrogen-bond donors (Lipinski definition) is 0. The summed E-state index contributed by atoms with van der Waals surface area (Å²) < 4.78 is 8.53. The molecule has 0 amide bonds. The van der Waals surface area contributed by atoms with Crippen LogP contribution < -0.4 is 0 Å². The van der Waals surface area contributed by atoms with Crippen LogP contribution in [0.3, 0.4) is 0 Å². The van der Waals surface area contributed by atoms with Gasteiger partial charge in [-0.3, -0.25) is 0 Å². The van der Waals surface area contributed by atoms with Gasteiger partial charge in [-0.15, -0.1) is 11.3 Å². The van der Waals surface area contributed by atoms with Crippen LogP contribution in [0.25, 0.3) is 110 Å². The number of nitrogens with zero attached hydrogens (tertiary/aromatic N) is 4. The van der Waals surface area contributed by atoms with Crippen LogP contribution in [-0.4, -0.2) is 19.9 Å². The highest BCUT2D eigenvalue weighted by atomic mass is 32.1. The van der Waals surface area contributed by atoms with Gasteiger partial charge in [-0.25, -0.2) is 19.9 Å². The van der Waals surface area contributed by atoms with Crippen LogP contribution in [0.5, 0.6) is 0 Å². The molecule has 0 bridgehead atoms. The van der Waals surface area contributed by atoms with Gasteiger partial charge in [-0.1, -0.05) is 127 Å². The second kappa shape index (κ2) is 12.3. The first-order chi connectivity index (χ1) is 26.7. The smallest absolute Gasteiger partial charge is 0.227 e. The summed E-state index contributed by atoms with van der Waals surface area (Å²) in [6, 6.07) is 58.8. The molecule has 6 heteroatoms. The van der Waals surface area contributed by atoms with Crippen molar-refractivity contribution in [3.8, 4) is 56.7 Å². The van der Waals surface area contributed by atoms with Crippen molar-refractivity contribution in [3.63, 3.8) is 0 Å². The van der Waals surface area contributed by atoms with E-state index >= 15 is 0 Å². The molecule has 0 aliphatic carbocycles. The molecule has 0 N–H and O–H groups in total. The first-order valence-corrected chi connectivity index (χ1v) is 18.7. The normalized spacial score (nSPS) is 11.7. The number of aromatic nitrogens is 4. The largest absolute Gasteiger partial charge is 0.436 e. The van der Waals surface area contributed by atoms with E-state index in [0.717, 1.165) is 80.8 Å². The van der Waals surface area contributed by atoms with Crippen LogP contribution >= 0.6 is 11.3 Å². The monoisotopic (exact) mass is 708 g/mol. The third-order valence-corrected chi connectivity index (χ3v) is 11.3. The molecule has 0 aliphatic rings. The zero-order chi connectivity index (χ0) is 35.6. The molecule has 0 spiro atoms. The molecule has 0 saturated carbocycles. The summed E-state index contributed by atoms with van der Waals surface area (Å²) in [5, 5.41) is 6.85. The summed E-state index contributed by atoms with van der Waals surface area (Å²) in [5.74, 6) is 2.50. The Labute approximate surface area is 313 Å². The molecule has 11 rings (SSSR count). The predicted molar refractivity (Wildman–Crippen MR) is 222 cm³/mol. The maximum atomic E-state index is 6.29. The third kappa shape index (κ3) is 5.07. The van der Waals surface area contributed by atoms with E-state index in [2.05, 4.69) is 133 Å². The molecule has 0 radical (unpaired) electrons. The Hall–Kier alpha value is -7.02. The van der Waals surface area contributed by atoms with E-state index in [1.165, 1.54) is 5.39 Å². The van der Waals surface area contributed by atoms with Crippen molar-refractivity contribution >= 4 is 64.2 Å². The Morgan fingerprint density at radius 1 is 0.407 bits per heavy atom. The second-order valence-corrected chi connectivity index (χ2v) is 14.5. The molecule has 0 fully saturated rings. The summed E-state index contributed by atoms with van der Waals surface area (Å²) >= 11 is 1.73. The van der Waals surface area contributed by atoms with Crippen molar-refractivity contribution in [2.45, 2.75) is 0 Å². The molecular formula is C48H28N4OS. The van der Waals surface area contributed by atoms with Gasteiger partial charge in [-0.05, 0) is 69.6 Å². The molecule has 5 nitrogen and oxygen atoms in total. The lowest BCUT2D eigenvalue weighted by molar-refractivity contribution is 0.620. The van der Waals surface area contributed by atoms with Gasteiger partial charge >= 0.3 is 0 Å². The summed E-state index contributed by atoms with van der Waals surface area (Å²) in [6.45, 7) is 0. The molecule has 0 atom stereocenters. The van der Waals surface area contributed by atoms with Crippen LogP contribution in [0, 0.1) is 0 Å². The molecule has 0 unspecified atom stereocenters. The van der Waals surface area contributed by atoms with Crippen LogP contribution in [-0.2, 0) is 0 Å². The van der Waals surface area contributed by atoms with Crippen LogP contribution in [0.1, 0.15) is 0 Å². The molecule has 3 heterocycles. The second-order valence-electron chi connectivity index (χ2n) is 13.4. The molecule has 8 aromatic carbocycles. The lowest BCUT2D eigenvalue weighted by atomic mass is 9.93. The fourth-order valence-electron chi connectivity index (χ4n) is 7.55. The van der Waals surface area contributed by atoms with Gasteiger partial charge < -0.3 is 4.42 Å². The van der Waals surface area contributed by atoms with Gasteiger partial charge in [0, 0.05) is 48.0 Å². The van der Waals surface area contributed by atoms with E-state index in [9.17, 15) is 0 Å². The molecule has 0 aliphatic heterocycles. The van der Waals surface area contributed by atoms with Gasteiger partial charge in [0.05, 0.1) is 0 Å². The van der Waals surface area contributed by atoms with E-state index < -0.39 is 0 Å². The Balaban J connectivity index is 1.15. The van der Waals surface area contributed by atoms with E-state index in [1.54, 1.807) is 11.3 Å². The van der Waals surface area contributed by atoms with Crippen molar-refractivity contribution in [2.75, 3.05) is 0 Å². The van der Waals surface area contributed by atoms with Crippen molar-refractivity contribution in [2.24, 2.45) is 0 Å². The number of benzene rings is 8. The first-order valence-electron chi connectivity index (χ1n) is 17.9. The molecule has 54 heavy (non-hydrogen) atoms. The average molecular weight is 709 g/mol.